The fourth-order valence-corrected chi connectivity index (χ4v) is 5.21. The normalized spacial score (nSPS) is 15.8. The highest BCUT2D eigenvalue weighted by atomic mass is 32.2. The van der Waals surface area contributed by atoms with Gasteiger partial charge < -0.3 is 19.7 Å². The summed E-state index contributed by atoms with van der Waals surface area (Å²) >= 11 is 1.42. The van der Waals surface area contributed by atoms with Crippen LogP contribution in [0.25, 0.3) is 0 Å². The van der Waals surface area contributed by atoms with Crippen LogP contribution in [-0.4, -0.2) is 48.8 Å². The second-order valence-electron chi connectivity index (χ2n) is 8.21. The van der Waals surface area contributed by atoms with Crippen molar-refractivity contribution < 1.29 is 19.1 Å². The van der Waals surface area contributed by atoms with Gasteiger partial charge in [-0.25, -0.2) is 0 Å². The highest BCUT2D eigenvalue weighted by molar-refractivity contribution is 8.00. The summed E-state index contributed by atoms with van der Waals surface area (Å²) in [4.78, 5) is 28.4. The fraction of sp³-hybridized carbons (Fsp3) is 0.440. The van der Waals surface area contributed by atoms with Gasteiger partial charge in [-0.3, -0.25) is 9.59 Å². The first-order chi connectivity index (χ1) is 15.6. The smallest absolute Gasteiger partial charge is 0.252 e. The molecule has 6 nitrogen and oxygen atoms in total. The Balaban J connectivity index is 1.36. The van der Waals surface area contributed by atoms with E-state index in [1.165, 1.54) is 31.0 Å². The van der Waals surface area contributed by atoms with E-state index in [9.17, 15) is 9.59 Å². The number of ether oxygens (including phenoxy) is 2. The van der Waals surface area contributed by atoms with Crippen LogP contribution in [0.4, 0.5) is 0 Å². The van der Waals surface area contributed by atoms with E-state index in [0.29, 0.717) is 48.6 Å². The van der Waals surface area contributed by atoms with Gasteiger partial charge in [0.05, 0.1) is 11.3 Å². The molecule has 0 radical (unpaired) electrons. The standard InChI is InChI=1S/C25H30N2O4S/c1-27(19-9-3-2-4-10-19)23(28)17-32-22-13-6-5-11-20(22)25(29)26-16-18-8-7-12-21-24(18)31-15-14-30-21/h5-8,11-13,19H,2-4,9-10,14-17H2,1H3,(H,26,29). The number of fused-ring (bicyclic) bond motifs is 1. The SMILES string of the molecule is CN(C(=O)CSc1ccccc1C(=O)NCc1cccc2c1OCCO2)C1CCCCC1. The first kappa shape index (κ1) is 22.5. The van der Waals surface area contributed by atoms with Gasteiger partial charge in [-0.15, -0.1) is 11.8 Å². The Kier molecular flexibility index (Phi) is 7.58. The lowest BCUT2D eigenvalue weighted by Gasteiger charge is -2.31. The number of nitrogens with zero attached hydrogens (tertiary/aromatic N) is 1. The largest absolute Gasteiger partial charge is 0.486 e. The van der Waals surface area contributed by atoms with E-state index in [-0.39, 0.29) is 11.8 Å². The number of rotatable bonds is 7. The van der Waals surface area contributed by atoms with Crippen molar-refractivity contribution in [2.24, 2.45) is 0 Å². The van der Waals surface area contributed by atoms with Crippen LogP contribution in [0.2, 0.25) is 0 Å². The number of carbonyl (C=O) groups excluding carboxylic acids is 2. The van der Waals surface area contributed by atoms with Crippen molar-refractivity contribution in [2.75, 3.05) is 26.0 Å². The predicted octanol–water partition coefficient (Wildman–Crippen LogP) is 4.27. The predicted molar refractivity (Wildman–Crippen MR) is 125 cm³/mol. The second kappa shape index (κ2) is 10.8. The number of hydrogen-bond acceptors (Lipinski definition) is 5. The molecule has 0 saturated heterocycles. The van der Waals surface area contributed by atoms with Gasteiger partial charge in [0, 0.05) is 30.1 Å². The molecule has 2 aromatic rings. The molecule has 2 amide bonds. The minimum atomic E-state index is -0.171. The molecular weight excluding hydrogens is 424 g/mol. The molecule has 0 bridgehead atoms. The molecule has 1 aliphatic heterocycles. The Morgan fingerprint density at radius 3 is 2.66 bits per heavy atom. The van der Waals surface area contributed by atoms with E-state index >= 15 is 0 Å². The van der Waals surface area contributed by atoms with Crippen molar-refractivity contribution in [3.63, 3.8) is 0 Å². The topological polar surface area (TPSA) is 67.9 Å². The lowest BCUT2D eigenvalue weighted by molar-refractivity contribution is -0.129. The minimum absolute atomic E-state index is 0.116. The Morgan fingerprint density at radius 1 is 1.03 bits per heavy atom. The van der Waals surface area contributed by atoms with Crippen LogP contribution in [0.3, 0.4) is 0 Å². The Morgan fingerprint density at radius 2 is 1.81 bits per heavy atom. The molecule has 0 atom stereocenters. The first-order valence-corrected chi connectivity index (χ1v) is 12.2. The zero-order valence-corrected chi connectivity index (χ0v) is 19.3. The molecule has 4 rings (SSSR count). The number of para-hydroxylation sites is 1. The van der Waals surface area contributed by atoms with Gasteiger partial charge in [0.25, 0.3) is 5.91 Å². The lowest BCUT2D eigenvalue weighted by Crippen LogP contribution is -2.39. The van der Waals surface area contributed by atoms with Crippen LogP contribution in [0, 0.1) is 0 Å². The zero-order chi connectivity index (χ0) is 22.3. The third-order valence-corrected chi connectivity index (χ3v) is 7.14. The molecule has 0 unspecified atom stereocenters. The molecule has 0 spiro atoms. The van der Waals surface area contributed by atoms with Crippen molar-refractivity contribution in [1.82, 2.24) is 10.2 Å². The van der Waals surface area contributed by atoms with Gasteiger partial charge in [0.1, 0.15) is 13.2 Å². The third-order valence-electron chi connectivity index (χ3n) is 6.09. The number of carbonyl (C=O) groups is 2. The van der Waals surface area contributed by atoms with Crippen molar-refractivity contribution in [1.29, 1.82) is 0 Å². The van der Waals surface area contributed by atoms with Crippen LogP contribution in [-0.2, 0) is 11.3 Å². The number of thioether (sulfide) groups is 1. The van der Waals surface area contributed by atoms with Crippen LogP contribution in [0.5, 0.6) is 11.5 Å². The van der Waals surface area contributed by atoms with Crippen LogP contribution < -0.4 is 14.8 Å². The average Bonchev–Trinajstić information content (AvgIpc) is 2.86. The van der Waals surface area contributed by atoms with Gasteiger partial charge in [-0.05, 0) is 31.0 Å². The molecule has 1 aliphatic carbocycles. The second-order valence-corrected chi connectivity index (χ2v) is 9.22. The van der Waals surface area contributed by atoms with E-state index in [4.69, 9.17) is 9.47 Å². The summed E-state index contributed by atoms with van der Waals surface area (Å²) in [6.07, 6.45) is 5.83. The van der Waals surface area contributed by atoms with Crippen molar-refractivity contribution in [2.45, 2.75) is 49.6 Å². The van der Waals surface area contributed by atoms with E-state index in [1.807, 2.05) is 48.3 Å². The number of amides is 2. The maximum absolute atomic E-state index is 12.9. The molecule has 2 aliphatic rings. The summed E-state index contributed by atoms with van der Waals surface area (Å²) < 4.78 is 11.3. The van der Waals surface area contributed by atoms with Gasteiger partial charge >= 0.3 is 0 Å². The van der Waals surface area contributed by atoms with Gasteiger partial charge in [0.2, 0.25) is 5.91 Å². The number of nitrogens with one attached hydrogen (secondary N) is 1. The van der Waals surface area contributed by atoms with E-state index in [1.54, 1.807) is 6.07 Å². The van der Waals surface area contributed by atoms with Gasteiger partial charge in [-0.2, -0.15) is 0 Å². The molecule has 32 heavy (non-hydrogen) atoms. The van der Waals surface area contributed by atoms with Crippen LogP contribution in [0.1, 0.15) is 48.0 Å². The van der Waals surface area contributed by atoms with Crippen molar-refractivity contribution in [3.05, 3.63) is 53.6 Å². The average molecular weight is 455 g/mol. The van der Waals surface area contributed by atoms with Crippen LogP contribution in [0.15, 0.2) is 47.4 Å². The van der Waals surface area contributed by atoms with Gasteiger partial charge in [0.15, 0.2) is 11.5 Å². The number of benzene rings is 2. The Bertz CT molecular complexity index is 959. The molecule has 170 valence electrons. The van der Waals surface area contributed by atoms with E-state index in [0.717, 1.165) is 23.3 Å². The molecule has 7 heteroatoms. The molecular formula is C25H30N2O4S. The fourth-order valence-electron chi connectivity index (χ4n) is 4.24. The van der Waals surface area contributed by atoms with E-state index < -0.39 is 0 Å². The summed E-state index contributed by atoms with van der Waals surface area (Å²) in [5.74, 6) is 1.67. The maximum Gasteiger partial charge on any atom is 0.252 e. The minimum Gasteiger partial charge on any atom is -0.486 e. The lowest BCUT2D eigenvalue weighted by atomic mass is 9.94. The third kappa shape index (κ3) is 5.38. The molecule has 0 aromatic heterocycles. The Labute approximate surface area is 193 Å². The highest BCUT2D eigenvalue weighted by Gasteiger charge is 2.23. The first-order valence-electron chi connectivity index (χ1n) is 11.3. The van der Waals surface area contributed by atoms with E-state index in [2.05, 4.69) is 5.32 Å². The quantitative estimate of drug-likeness (QED) is 0.633. The summed E-state index contributed by atoms with van der Waals surface area (Å²) in [6.45, 7) is 1.37. The summed E-state index contributed by atoms with van der Waals surface area (Å²) in [6, 6.07) is 13.5. The molecule has 1 heterocycles. The Hall–Kier alpha value is -2.67. The van der Waals surface area contributed by atoms with Crippen molar-refractivity contribution in [3.8, 4) is 11.5 Å². The van der Waals surface area contributed by atoms with Crippen LogP contribution >= 0.6 is 11.8 Å². The maximum atomic E-state index is 12.9. The summed E-state index contributed by atoms with van der Waals surface area (Å²) in [5, 5.41) is 2.98. The molecule has 1 saturated carbocycles. The molecule has 1 fully saturated rings. The summed E-state index contributed by atoms with van der Waals surface area (Å²) in [5.41, 5.74) is 1.46. The number of hydrogen-bond donors (Lipinski definition) is 1. The monoisotopic (exact) mass is 454 g/mol. The highest BCUT2D eigenvalue weighted by Crippen LogP contribution is 2.33. The zero-order valence-electron chi connectivity index (χ0n) is 18.5. The summed E-state index contributed by atoms with van der Waals surface area (Å²) in [7, 11) is 1.91. The molecule has 2 aromatic carbocycles. The van der Waals surface area contributed by atoms with Crippen molar-refractivity contribution >= 4 is 23.6 Å². The molecule has 1 N–H and O–H groups in total. The van der Waals surface area contributed by atoms with Gasteiger partial charge in [-0.1, -0.05) is 43.5 Å².